The van der Waals surface area contributed by atoms with Crippen molar-refractivity contribution in [1.82, 2.24) is 0 Å². The number of ether oxygens (including phenoxy) is 1. The molecule has 2 aliphatic rings. The van der Waals surface area contributed by atoms with E-state index in [0.29, 0.717) is 18.3 Å². The van der Waals surface area contributed by atoms with Gasteiger partial charge in [0.15, 0.2) is 5.78 Å². The van der Waals surface area contributed by atoms with Crippen molar-refractivity contribution in [3.63, 3.8) is 0 Å². The molecule has 0 radical (unpaired) electrons. The lowest BCUT2D eigenvalue weighted by Gasteiger charge is -2.16. The molecule has 5 rings (SSSR count). The minimum Gasteiger partial charge on any atom is -0.489 e. The summed E-state index contributed by atoms with van der Waals surface area (Å²) in [5.41, 5.74) is 7.26. The van der Waals surface area contributed by atoms with Crippen LogP contribution >= 0.6 is 0 Å². The lowest BCUT2D eigenvalue weighted by atomic mass is 9.87. The predicted octanol–water partition coefficient (Wildman–Crippen LogP) is 6.79. The lowest BCUT2D eigenvalue weighted by molar-refractivity contribution is 0.0696. The maximum absolute atomic E-state index is 13.2. The second-order valence-electron chi connectivity index (χ2n) is 9.75. The fourth-order valence-electron chi connectivity index (χ4n) is 5.69. The highest BCUT2D eigenvalue weighted by Gasteiger charge is 2.39. The number of aromatic carboxylic acids is 1. The highest BCUT2D eigenvalue weighted by Crippen LogP contribution is 2.43. The summed E-state index contributed by atoms with van der Waals surface area (Å²) >= 11 is 0. The van der Waals surface area contributed by atoms with Gasteiger partial charge in [-0.1, -0.05) is 43.2 Å². The van der Waals surface area contributed by atoms with Crippen LogP contribution in [0.5, 0.6) is 5.75 Å². The molecule has 1 N–H and O–H groups in total. The van der Waals surface area contributed by atoms with E-state index in [1.165, 1.54) is 25.7 Å². The molecule has 1 fully saturated rings. The number of fused-ring (bicyclic) bond motifs is 1. The Morgan fingerprint density at radius 1 is 0.971 bits per heavy atom. The van der Waals surface area contributed by atoms with E-state index in [-0.39, 0.29) is 11.5 Å². The lowest BCUT2D eigenvalue weighted by Crippen LogP contribution is -2.18. The molecule has 0 spiro atoms. The summed E-state index contributed by atoms with van der Waals surface area (Å²) in [5.74, 6) is 0.924. The van der Waals surface area contributed by atoms with E-state index in [1.54, 1.807) is 18.2 Å². The molecule has 3 aromatic carbocycles. The van der Waals surface area contributed by atoms with E-state index >= 15 is 0 Å². The first-order valence-electron chi connectivity index (χ1n) is 12.1. The molecule has 0 saturated heterocycles. The molecular weight excluding hydrogens is 424 g/mol. The molecular formula is C30H30O4. The number of carboxylic acids is 1. The van der Waals surface area contributed by atoms with Gasteiger partial charge in [-0.15, -0.1) is 0 Å². The zero-order valence-electron chi connectivity index (χ0n) is 19.8. The third-order valence-electron chi connectivity index (χ3n) is 7.69. The van der Waals surface area contributed by atoms with Crippen LogP contribution in [0.2, 0.25) is 0 Å². The number of hydrogen-bond donors (Lipinski definition) is 1. The predicted molar refractivity (Wildman–Crippen MR) is 133 cm³/mol. The molecule has 3 aromatic rings. The molecule has 1 atom stereocenters. The summed E-state index contributed by atoms with van der Waals surface area (Å²) in [4.78, 5) is 24.5. The quantitative estimate of drug-likeness (QED) is 0.445. The van der Waals surface area contributed by atoms with Crippen molar-refractivity contribution >= 4 is 11.8 Å². The standard InChI is InChI=1S/C30H30O4/c1-18-19(2)28-25(15-26(29(28)31)21-8-3-4-9-21)16-27(18)34-17-20-7-5-10-22(13-20)23-11-6-12-24(14-23)30(32)33/h5-7,10-14,16,21,26H,3-4,8-9,15,17H2,1-2H3,(H,32,33). The minimum atomic E-state index is -0.933. The Labute approximate surface area is 200 Å². The van der Waals surface area contributed by atoms with Gasteiger partial charge < -0.3 is 9.84 Å². The zero-order valence-corrected chi connectivity index (χ0v) is 19.8. The Morgan fingerprint density at radius 2 is 1.68 bits per heavy atom. The highest BCUT2D eigenvalue weighted by molar-refractivity contribution is 6.04. The van der Waals surface area contributed by atoms with Crippen molar-refractivity contribution in [2.45, 2.75) is 52.6 Å². The van der Waals surface area contributed by atoms with Gasteiger partial charge in [-0.2, -0.15) is 0 Å². The summed E-state index contributed by atoms with van der Waals surface area (Å²) < 4.78 is 6.27. The van der Waals surface area contributed by atoms with Gasteiger partial charge in [-0.25, -0.2) is 4.79 Å². The van der Waals surface area contributed by atoms with Crippen LogP contribution in [0.3, 0.4) is 0 Å². The average Bonchev–Trinajstić information content (AvgIpc) is 3.49. The highest BCUT2D eigenvalue weighted by atomic mass is 16.5. The van der Waals surface area contributed by atoms with Gasteiger partial charge in [0.2, 0.25) is 0 Å². The van der Waals surface area contributed by atoms with Gasteiger partial charge in [0.05, 0.1) is 5.56 Å². The Kier molecular flexibility index (Phi) is 5.99. The number of ketones is 1. The number of carboxylic acid groups (broad SMARTS) is 1. The topological polar surface area (TPSA) is 63.6 Å². The van der Waals surface area contributed by atoms with Gasteiger partial charge in [-0.3, -0.25) is 4.79 Å². The molecule has 4 heteroatoms. The number of carbonyl (C=O) groups is 2. The molecule has 0 bridgehead atoms. The number of rotatable bonds is 6. The molecule has 0 aliphatic heterocycles. The van der Waals surface area contributed by atoms with Crippen LogP contribution < -0.4 is 4.74 Å². The van der Waals surface area contributed by atoms with Crippen LogP contribution in [-0.2, 0) is 13.0 Å². The molecule has 0 heterocycles. The number of Topliss-reactive ketones (excluding diaryl/α,β-unsaturated/α-hetero) is 1. The number of hydrogen-bond acceptors (Lipinski definition) is 3. The van der Waals surface area contributed by atoms with Gasteiger partial charge in [0.1, 0.15) is 12.4 Å². The van der Waals surface area contributed by atoms with Crippen molar-refractivity contribution in [2.75, 3.05) is 0 Å². The van der Waals surface area contributed by atoms with Crippen LogP contribution in [0.1, 0.15) is 68.7 Å². The number of carbonyl (C=O) groups excluding carboxylic acids is 1. The van der Waals surface area contributed by atoms with E-state index in [9.17, 15) is 14.7 Å². The first-order valence-corrected chi connectivity index (χ1v) is 12.1. The molecule has 1 unspecified atom stereocenters. The monoisotopic (exact) mass is 454 g/mol. The third-order valence-corrected chi connectivity index (χ3v) is 7.69. The summed E-state index contributed by atoms with van der Waals surface area (Å²) in [7, 11) is 0. The SMILES string of the molecule is Cc1c(OCc2cccc(-c3cccc(C(=O)O)c3)c2)cc2c(c1C)C(=O)C(C1CCCC1)C2. The summed E-state index contributed by atoms with van der Waals surface area (Å²) in [6.45, 7) is 4.49. The molecule has 34 heavy (non-hydrogen) atoms. The maximum atomic E-state index is 13.2. The van der Waals surface area contributed by atoms with Crippen LogP contribution in [0, 0.1) is 25.7 Å². The normalized spacial score (nSPS) is 17.7. The Bertz CT molecular complexity index is 1270. The van der Waals surface area contributed by atoms with E-state index in [4.69, 9.17) is 4.74 Å². The summed E-state index contributed by atoms with van der Waals surface area (Å²) in [6, 6.07) is 17.0. The Hall–Kier alpha value is -3.40. The average molecular weight is 455 g/mol. The van der Waals surface area contributed by atoms with E-state index in [0.717, 1.165) is 51.1 Å². The number of benzene rings is 3. The van der Waals surface area contributed by atoms with Gasteiger partial charge >= 0.3 is 5.97 Å². The Morgan fingerprint density at radius 3 is 2.41 bits per heavy atom. The van der Waals surface area contributed by atoms with Crippen molar-refractivity contribution < 1.29 is 19.4 Å². The van der Waals surface area contributed by atoms with Crippen LogP contribution in [0.4, 0.5) is 0 Å². The summed E-state index contributed by atoms with van der Waals surface area (Å²) in [6.07, 6.45) is 5.69. The van der Waals surface area contributed by atoms with Crippen molar-refractivity contribution in [2.24, 2.45) is 11.8 Å². The van der Waals surface area contributed by atoms with Crippen LogP contribution in [-0.4, -0.2) is 16.9 Å². The molecule has 1 saturated carbocycles. The van der Waals surface area contributed by atoms with E-state index < -0.39 is 5.97 Å². The van der Waals surface area contributed by atoms with Gasteiger partial charge in [-0.05, 0) is 96.7 Å². The molecule has 174 valence electrons. The summed E-state index contributed by atoms with van der Waals surface area (Å²) in [5, 5.41) is 9.29. The third kappa shape index (κ3) is 4.13. The molecule has 0 aromatic heterocycles. The smallest absolute Gasteiger partial charge is 0.335 e. The van der Waals surface area contributed by atoms with Crippen LogP contribution in [0.25, 0.3) is 11.1 Å². The van der Waals surface area contributed by atoms with Crippen molar-refractivity contribution in [1.29, 1.82) is 0 Å². The largest absolute Gasteiger partial charge is 0.489 e. The first kappa shape index (κ1) is 22.4. The molecule has 4 nitrogen and oxygen atoms in total. The minimum absolute atomic E-state index is 0.143. The van der Waals surface area contributed by atoms with Gasteiger partial charge in [0.25, 0.3) is 0 Å². The fraction of sp³-hybridized carbons (Fsp3) is 0.333. The second-order valence-corrected chi connectivity index (χ2v) is 9.75. The van der Waals surface area contributed by atoms with E-state index in [2.05, 4.69) is 6.07 Å². The molecule has 2 aliphatic carbocycles. The first-order chi connectivity index (χ1) is 16.4. The fourth-order valence-corrected chi connectivity index (χ4v) is 5.69. The van der Waals surface area contributed by atoms with E-state index in [1.807, 2.05) is 44.2 Å². The zero-order chi connectivity index (χ0) is 23.8. The van der Waals surface area contributed by atoms with Crippen molar-refractivity contribution in [3.8, 4) is 16.9 Å². The Balaban J connectivity index is 1.36. The second kappa shape index (κ2) is 9.09. The maximum Gasteiger partial charge on any atom is 0.335 e. The van der Waals surface area contributed by atoms with Crippen molar-refractivity contribution in [3.05, 3.63) is 88.0 Å². The van der Waals surface area contributed by atoms with Crippen LogP contribution in [0.15, 0.2) is 54.6 Å². The molecule has 0 amide bonds. The van der Waals surface area contributed by atoms with Gasteiger partial charge in [0, 0.05) is 11.5 Å².